The monoisotopic (exact) mass is 1220 g/mol. The summed E-state index contributed by atoms with van der Waals surface area (Å²) in [5.74, 6) is -0.414. The van der Waals surface area contributed by atoms with Crippen LogP contribution in [0.1, 0.15) is 193 Å². The molecule has 0 heterocycles. The highest BCUT2D eigenvalue weighted by Gasteiger charge is 2.11. The summed E-state index contributed by atoms with van der Waals surface area (Å²) < 4.78 is 21.5. The zero-order valence-corrected chi connectivity index (χ0v) is 55.1. The van der Waals surface area contributed by atoms with Crippen molar-refractivity contribution in [1.82, 2.24) is 0 Å². The second-order valence-electron chi connectivity index (χ2n) is 20.5. The average molecular weight is 1220 g/mol. The van der Waals surface area contributed by atoms with Crippen molar-refractivity contribution in [2.75, 3.05) is 0 Å². The van der Waals surface area contributed by atoms with Crippen LogP contribution in [0.4, 0.5) is 0 Å². The van der Waals surface area contributed by atoms with Gasteiger partial charge in [-0.1, -0.05) is 276 Å². The molecule has 0 radical (unpaired) electrons. The van der Waals surface area contributed by atoms with E-state index in [4.69, 9.17) is 18.9 Å². The van der Waals surface area contributed by atoms with E-state index in [-0.39, 0.29) is 37.5 Å². The third-order valence-corrected chi connectivity index (χ3v) is 12.5. The third-order valence-electron chi connectivity index (χ3n) is 12.5. The molecular weight excluding hydrogens is 1110 g/mol. The van der Waals surface area contributed by atoms with E-state index in [1.54, 1.807) is 30.3 Å². The van der Waals surface area contributed by atoms with Gasteiger partial charge in [0, 0.05) is 37.3 Å². The molecule has 0 aromatic heterocycles. The van der Waals surface area contributed by atoms with Gasteiger partial charge in [-0.3, -0.25) is 19.2 Å². The Kier molecular flexibility index (Phi) is 56.3. The molecule has 0 N–H and O–H groups in total. The molecule has 0 fully saturated rings. The first-order valence-electron chi connectivity index (χ1n) is 32.9. The van der Waals surface area contributed by atoms with E-state index in [0.29, 0.717) is 54.7 Å². The van der Waals surface area contributed by atoms with E-state index in [9.17, 15) is 19.2 Å². The number of carbonyl (C=O) groups excluding carboxylic acids is 4. The molecule has 0 aliphatic rings. The van der Waals surface area contributed by atoms with Crippen molar-refractivity contribution in [3.8, 4) is 11.5 Å². The maximum absolute atomic E-state index is 12.5. The summed E-state index contributed by atoms with van der Waals surface area (Å²) in [7, 11) is 0. The molecule has 0 aliphatic carbocycles. The van der Waals surface area contributed by atoms with Crippen LogP contribution in [0, 0.1) is 0 Å². The van der Waals surface area contributed by atoms with Crippen molar-refractivity contribution in [1.29, 1.82) is 0 Å². The molecule has 0 bridgehead atoms. The van der Waals surface area contributed by atoms with Gasteiger partial charge in [0.15, 0.2) is 0 Å². The van der Waals surface area contributed by atoms with Gasteiger partial charge in [0.25, 0.3) is 0 Å². The van der Waals surface area contributed by atoms with Gasteiger partial charge in [-0.25, -0.2) is 0 Å². The Bertz CT molecular complexity index is 2750. The minimum absolute atomic E-state index is 0.0686. The van der Waals surface area contributed by atoms with Gasteiger partial charge in [-0.05, 0) is 147 Å². The first kappa shape index (κ1) is 79.7. The van der Waals surface area contributed by atoms with Crippen LogP contribution in [0.2, 0.25) is 0 Å². The van der Waals surface area contributed by atoms with E-state index in [2.05, 4.69) is 221 Å². The topological polar surface area (TPSA) is 105 Å². The lowest BCUT2D eigenvalue weighted by Crippen LogP contribution is -2.10. The normalized spacial score (nSPS) is 12.8. The Morgan fingerprint density at radius 1 is 0.278 bits per heavy atom. The number of hydrogen-bond acceptors (Lipinski definition) is 8. The Morgan fingerprint density at radius 2 is 0.489 bits per heavy atom. The molecule has 484 valence electrons. The summed E-state index contributed by atoms with van der Waals surface area (Å²) in [6.07, 6.45) is 97.9. The fourth-order valence-corrected chi connectivity index (χ4v) is 7.76. The van der Waals surface area contributed by atoms with Crippen LogP contribution in [0.25, 0.3) is 0 Å². The lowest BCUT2D eigenvalue weighted by atomic mass is 10.2. The van der Waals surface area contributed by atoms with Gasteiger partial charge in [0.2, 0.25) is 0 Å². The van der Waals surface area contributed by atoms with E-state index in [1.165, 1.54) is 6.92 Å². The fourth-order valence-electron chi connectivity index (χ4n) is 7.76. The molecule has 0 amide bonds. The zero-order chi connectivity index (χ0) is 64.9. The lowest BCUT2D eigenvalue weighted by molar-refractivity contribution is -0.145. The predicted octanol–water partition coefficient (Wildman–Crippen LogP) is 22.7. The molecule has 0 saturated heterocycles. The quantitative estimate of drug-likeness (QED) is 0.0367. The van der Waals surface area contributed by atoms with Gasteiger partial charge in [0.1, 0.15) is 24.7 Å². The van der Waals surface area contributed by atoms with Crippen molar-refractivity contribution in [2.24, 2.45) is 0 Å². The summed E-state index contributed by atoms with van der Waals surface area (Å²) in [6, 6.07) is 14.2. The highest BCUT2D eigenvalue weighted by atomic mass is 16.6. The lowest BCUT2D eigenvalue weighted by Gasteiger charge is -2.10. The molecule has 8 nitrogen and oxygen atoms in total. The van der Waals surface area contributed by atoms with Crippen molar-refractivity contribution in [3.05, 3.63) is 278 Å². The Balaban J connectivity index is 0.000000994. The highest BCUT2D eigenvalue weighted by molar-refractivity contribution is 5.73. The summed E-state index contributed by atoms with van der Waals surface area (Å²) in [5.41, 5.74) is 1.34. The molecule has 0 aliphatic heterocycles. The summed E-state index contributed by atoms with van der Waals surface area (Å²) in [5, 5.41) is 0. The van der Waals surface area contributed by atoms with Gasteiger partial charge in [-0.2, -0.15) is 0 Å². The Hall–Kier alpha value is -8.36. The number of esters is 4. The Morgan fingerprint density at radius 3 is 0.733 bits per heavy atom. The third kappa shape index (κ3) is 55.0. The van der Waals surface area contributed by atoms with E-state index >= 15 is 0 Å². The molecule has 0 spiro atoms. The predicted molar refractivity (Wildman–Crippen MR) is 382 cm³/mol. The smallest absolute Gasteiger partial charge is 0.311 e. The number of para-hydroxylation sites is 2. The first-order valence-corrected chi connectivity index (χ1v) is 32.9. The van der Waals surface area contributed by atoms with Crippen LogP contribution >= 0.6 is 0 Å². The highest BCUT2D eigenvalue weighted by Crippen LogP contribution is 2.21. The number of carbonyl (C=O) groups is 4. The summed E-state index contributed by atoms with van der Waals surface area (Å²) in [4.78, 5) is 47.9. The van der Waals surface area contributed by atoms with Gasteiger partial charge in [0.05, 0.1) is 0 Å². The number of hydrogen-bond donors (Lipinski definition) is 0. The minimum Gasteiger partial charge on any atom is -0.461 e. The van der Waals surface area contributed by atoms with E-state index in [0.717, 1.165) is 116 Å². The number of ether oxygens (including phenoxy) is 4. The molecule has 2 aromatic carbocycles. The number of allylic oxidation sites excluding steroid dienone is 36. The molecule has 2 aromatic rings. The average Bonchev–Trinajstić information content (AvgIpc) is 2.69. The zero-order valence-electron chi connectivity index (χ0n) is 55.1. The molecule has 0 atom stereocenters. The number of rotatable bonds is 48. The molecule has 0 unspecified atom stereocenters. The van der Waals surface area contributed by atoms with Crippen molar-refractivity contribution in [3.63, 3.8) is 0 Å². The number of benzene rings is 2. The van der Waals surface area contributed by atoms with Gasteiger partial charge in [-0.15, -0.1) is 0 Å². The fraction of sp³-hybridized carbons (Fsp3) is 0.366. The van der Waals surface area contributed by atoms with Crippen molar-refractivity contribution in [2.45, 2.75) is 195 Å². The van der Waals surface area contributed by atoms with Gasteiger partial charge < -0.3 is 18.9 Å². The minimum atomic E-state index is -0.401. The molecule has 0 saturated carbocycles. The SMILES string of the molecule is CC/C=C\C/C=C\C/C=C\C/C=C\C/C=C\C/C=C\CCC(=O)OCc1ccccc1OC(=O)CC/C=C\C/C=C\C/C=C\C/C=C\C/C=C\C/C=C\CC.CC/C=C\C/C=C\C/C=C\C/C=C\C/C=C\C/C=C\CCC(=O)OCc1ccccc1OC(C)=O. The van der Waals surface area contributed by atoms with Gasteiger partial charge >= 0.3 is 23.9 Å². The first-order chi connectivity index (χ1) is 44.3. The maximum Gasteiger partial charge on any atom is 0.311 e. The van der Waals surface area contributed by atoms with Crippen LogP contribution in [-0.4, -0.2) is 23.9 Å². The Labute approximate surface area is 544 Å². The molecular formula is C82H108O8. The van der Waals surface area contributed by atoms with Crippen LogP contribution in [-0.2, 0) is 41.9 Å². The molecule has 8 heteroatoms. The van der Waals surface area contributed by atoms with Crippen LogP contribution in [0.15, 0.2) is 267 Å². The largest absolute Gasteiger partial charge is 0.461 e. The van der Waals surface area contributed by atoms with Crippen LogP contribution in [0.5, 0.6) is 11.5 Å². The standard InChI is InChI=1S/C51H68O4.C31H40O4/c1-3-5-7-9-11-13-15-17-19-21-23-25-27-29-31-33-35-37-39-45-50(52)54-47-48-43-41-42-44-49(48)55-51(53)46-40-38-36-34-32-30-28-26-24-22-20-18-16-14-12-10-8-6-4-2;1-3-4-5-6-7-8-9-10-11-12-13-14-15-16-17-18-19-20-21-26-31(33)34-27-29-24-22-23-25-30(29)35-28(2)32/h5-8,11-14,17-20,23-26,29-32,35-38,41-44H,3-4,9-10,15-16,21-22,27-28,33-34,39-40,45-47H2,1-2H3;4-5,7-8,10-11,13-14,16-17,19-20,22-25H,3,6,9,12,15,18,21,26-27H2,1-2H3/b7-5-,8-6-,13-11-,14-12-,19-17-,20-18-,25-23-,26-24-,31-29-,32-30-,37-35-,38-36-;5-4-,8-7-,11-10-,14-13-,17-16-,20-19-. The van der Waals surface area contributed by atoms with Crippen molar-refractivity contribution >= 4 is 23.9 Å². The van der Waals surface area contributed by atoms with E-state index in [1.807, 2.05) is 36.4 Å². The van der Waals surface area contributed by atoms with Crippen molar-refractivity contribution < 1.29 is 38.1 Å². The second kappa shape index (κ2) is 63.7. The van der Waals surface area contributed by atoms with E-state index < -0.39 is 5.97 Å². The molecule has 90 heavy (non-hydrogen) atoms. The maximum atomic E-state index is 12.5. The van der Waals surface area contributed by atoms with Crippen LogP contribution < -0.4 is 9.47 Å². The summed E-state index contributed by atoms with van der Waals surface area (Å²) in [6.45, 7) is 7.95. The van der Waals surface area contributed by atoms with Crippen LogP contribution in [0.3, 0.4) is 0 Å². The summed E-state index contributed by atoms with van der Waals surface area (Å²) >= 11 is 0. The molecule has 2 rings (SSSR count). The second-order valence-corrected chi connectivity index (χ2v) is 20.5.